The fourth-order valence-electron chi connectivity index (χ4n) is 7.62. The average Bonchev–Trinajstić information content (AvgIpc) is 3.60. The predicted molar refractivity (Wildman–Crippen MR) is 169 cm³/mol. The first kappa shape index (κ1) is 20.7. The molecule has 10 rings (SSSR count). The minimum absolute atomic E-state index is 1.18. The van der Waals surface area contributed by atoms with Gasteiger partial charge in [0.05, 0.1) is 33.1 Å². The van der Waals surface area contributed by atoms with Gasteiger partial charge in [-0.25, -0.2) is 0 Å². The smallest absolute Gasteiger partial charge is 0.0620 e. The molecule has 0 saturated heterocycles. The van der Waals surface area contributed by atoms with Gasteiger partial charge in [0.2, 0.25) is 0 Å². The van der Waals surface area contributed by atoms with Crippen molar-refractivity contribution < 1.29 is 0 Å². The van der Waals surface area contributed by atoms with Crippen LogP contribution < -0.4 is 0 Å². The molecule has 3 heteroatoms. The highest BCUT2D eigenvalue weighted by molar-refractivity contribution is 6.35. The van der Waals surface area contributed by atoms with Crippen LogP contribution in [-0.4, -0.2) is 13.5 Å². The number of benzene rings is 6. The van der Waals surface area contributed by atoms with Crippen LogP contribution in [0.5, 0.6) is 0 Å². The Morgan fingerprint density at radius 2 is 0.925 bits per heavy atom. The van der Waals surface area contributed by atoms with Crippen molar-refractivity contribution in [1.29, 1.82) is 0 Å². The zero-order valence-electron chi connectivity index (χ0n) is 21.9. The van der Waals surface area contributed by atoms with Crippen LogP contribution in [0.4, 0.5) is 0 Å². The number of hydrogen-bond acceptors (Lipinski definition) is 0. The number of aromatic nitrogens is 3. The van der Waals surface area contributed by atoms with Gasteiger partial charge >= 0.3 is 0 Å². The van der Waals surface area contributed by atoms with Gasteiger partial charge in [0.25, 0.3) is 0 Å². The Kier molecular flexibility index (Phi) is 3.62. The van der Waals surface area contributed by atoms with Gasteiger partial charge in [0.1, 0.15) is 0 Å². The number of hydrogen-bond donors (Lipinski definition) is 0. The van der Waals surface area contributed by atoms with Crippen LogP contribution in [0.3, 0.4) is 0 Å². The molecule has 0 spiro atoms. The SMILES string of the molecule is Cn1c2cccc3c4cccc5c6c7c8ccccc8n(-c8ccccc8)c7ccc6n(c6cccc1c6c32)c45. The molecule has 0 unspecified atom stereocenters. The van der Waals surface area contributed by atoms with Crippen LogP contribution in [-0.2, 0) is 7.05 Å². The van der Waals surface area contributed by atoms with E-state index in [1.807, 2.05) is 0 Å². The van der Waals surface area contributed by atoms with Gasteiger partial charge in [-0.1, -0.05) is 72.8 Å². The first-order valence-corrected chi connectivity index (χ1v) is 13.9. The molecule has 10 aromatic rings. The van der Waals surface area contributed by atoms with Crippen LogP contribution in [0, 0.1) is 0 Å². The molecule has 40 heavy (non-hydrogen) atoms. The second-order valence-electron chi connectivity index (χ2n) is 11.0. The van der Waals surface area contributed by atoms with E-state index in [1.165, 1.54) is 87.4 Å². The van der Waals surface area contributed by atoms with E-state index in [2.05, 4.69) is 142 Å². The highest BCUT2D eigenvalue weighted by atomic mass is 15.0. The molecule has 4 aromatic heterocycles. The first-order valence-electron chi connectivity index (χ1n) is 13.9. The molecule has 0 radical (unpaired) electrons. The minimum atomic E-state index is 1.18. The molecule has 186 valence electrons. The van der Waals surface area contributed by atoms with Crippen LogP contribution in [0.15, 0.2) is 121 Å². The lowest BCUT2D eigenvalue weighted by molar-refractivity contribution is 1.01. The number of nitrogens with zero attached hydrogens (tertiary/aromatic N) is 3. The molecule has 0 N–H and O–H groups in total. The maximum absolute atomic E-state index is 2.54. The Hall–Kier alpha value is -5.28. The molecule has 0 saturated carbocycles. The molecular weight excluding hydrogens is 486 g/mol. The molecular formula is C37H23N3. The Morgan fingerprint density at radius 1 is 0.375 bits per heavy atom. The molecule has 4 heterocycles. The molecule has 0 amide bonds. The van der Waals surface area contributed by atoms with E-state index in [4.69, 9.17) is 0 Å². The van der Waals surface area contributed by atoms with E-state index < -0.39 is 0 Å². The number of aryl methyl sites for hydroxylation is 1. The lowest BCUT2D eigenvalue weighted by Gasteiger charge is -2.07. The van der Waals surface area contributed by atoms with Gasteiger partial charge < -0.3 is 13.5 Å². The topological polar surface area (TPSA) is 14.3 Å². The number of rotatable bonds is 1. The van der Waals surface area contributed by atoms with Gasteiger partial charge in [-0.05, 0) is 53.9 Å². The number of para-hydroxylation sites is 3. The quantitative estimate of drug-likeness (QED) is 0.209. The summed E-state index contributed by atoms with van der Waals surface area (Å²) in [5.41, 5.74) is 10.0. The maximum Gasteiger partial charge on any atom is 0.0620 e. The van der Waals surface area contributed by atoms with Gasteiger partial charge in [0, 0.05) is 56.0 Å². The van der Waals surface area contributed by atoms with Crippen LogP contribution in [0.25, 0.3) is 87.4 Å². The van der Waals surface area contributed by atoms with E-state index in [9.17, 15) is 0 Å². The summed E-state index contributed by atoms with van der Waals surface area (Å²) in [6, 6.07) is 44.7. The summed E-state index contributed by atoms with van der Waals surface area (Å²) < 4.78 is 7.30. The van der Waals surface area contributed by atoms with Gasteiger partial charge in [-0.15, -0.1) is 0 Å². The molecule has 3 nitrogen and oxygen atoms in total. The first-order chi connectivity index (χ1) is 19.8. The summed E-state index contributed by atoms with van der Waals surface area (Å²) in [5.74, 6) is 0. The van der Waals surface area contributed by atoms with Crippen molar-refractivity contribution in [1.82, 2.24) is 13.5 Å². The second-order valence-corrected chi connectivity index (χ2v) is 11.0. The molecule has 0 aliphatic carbocycles. The van der Waals surface area contributed by atoms with Crippen molar-refractivity contribution in [2.24, 2.45) is 7.05 Å². The van der Waals surface area contributed by atoms with Crippen molar-refractivity contribution in [3.8, 4) is 5.69 Å². The van der Waals surface area contributed by atoms with E-state index in [0.717, 1.165) is 0 Å². The fourth-order valence-corrected chi connectivity index (χ4v) is 7.62. The van der Waals surface area contributed by atoms with Crippen molar-refractivity contribution in [2.45, 2.75) is 0 Å². The highest BCUT2D eigenvalue weighted by Gasteiger charge is 2.23. The summed E-state index contributed by atoms with van der Waals surface area (Å²) in [6.45, 7) is 0. The van der Waals surface area contributed by atoms with E-state index >= 15 is 0 Å². The summed E-state index contributed by atoms with van der Waals surface area (Å²) in [4.78, 5) is 0. The van der Waals surface area contributed by atoms with Gasteiger partial charge in [0.15, 0.2) is 0 Å². The molecule has 0 atom stereocenters. The normalized spacial score (nSPS) is 12.6. The van der Waals surface area contributed by atoms with Crippen LogP contribution >= 0.6 is 0 Å². The van der Waals surface area contributed by atoms with Gasteiger partial charge in [-0.3, -0.25) is 0 Å². The highest BCUT2D eigenvalue weighted by Crippen LogP contribution is 2.46. The third-order valence-corrected chi connectivity index (χ3v) is 9.17. The lowest BCUT2D eigenvalue weighted by Crippen LogP contribution is -1.92. The van der Waals surface area contributed by atoms with Crippen molar-refractivity contribution in [3.05, 3.63) is 121 Å². The molecule has 0 fully saturated rings. The minimum Gasteiger partial charge on any atom is -0.344 e. The summed E-state index contributed by atoms with van der Waals surface area (Å²) >= 11 is 0. The zero-order valence-corrected chi connectivity index (χ0v) is 21.9. The fraction of sp³-hybridized carbons (Fsp3) is 0.0270. The molecule has 0 aliphatic heterocycles. The largest absolute Gasteiger partial charge is 0.344 e. The summed E-state index contributed by atoms with van der Waals surface area (Å²) in [7, 11) is 2.19. The van der Waals surface area contributed by atoms with Crippen molar-refractivity contribution >= 4 is 81.7 Å². The van der Waals surface area contributed by atoms with Crippen LogP contribution in [0.2, 0.25) is 0 Å². The standard InChI is InChI=1S/C37H23N3/c1-38-28-17-8-13-23-24-14-7-15-26-35-32(40(37(24)26)30-19-9-18-29(38)36(30)33(23)28)21-20-31-34(35)25-12-5-6-16-27(25)39(31)22-10-3-2-4-11-22/h2-21H,1H3. The molecule has 6 aromatic carbocycles. The molecule has 0 bridgehead atoms. The van der Waals surface area contributed by atoms with Crippen molar-refractivity contribution in [2.75, 3.05) is 0 Å². The molecule has 0 aliphatic rings. The number of fused-ring (bicyclic) bond motifs is 9. The Morgan fingerprint density at radius 3 is 1.82 bits per heavy atom. The average molecular weight is 510 g/mol. The second kappa shape index (κ2) is 7.02. The third kappa shape index (κ3) is 2.26. The van der Waals surface area contributed by atoms with E-state index in [1.54, 1.807) is 0 Å². The monoisotopic (exact) mass is 509 g/mol. The maximum atomic E-state index is 2.54. The Labute approximate surface area is 229 Å². The zero-order chi connectivity index (χ0) is 26.1. The van der Waals surface area contributed by atoms with Crippen molar-refractivity contribution in [3.63, 3.8) is 0 Å². The van der Waals surface area contributed by atoms with E-state index in [0.29, 0.717) is 0 Å². The van der Waals surface area contributed by atoms with Crippen LogP contribution in [0.1, 0.15) is 0 Å². The lowest BCUT2D eigenvalue weighted by atomic mass is 10.0. The summed E-state index contributed by atoms with van der Waals surface area (Å²) in [6.07, 6.45) is 0. The van der Waals surface area contributed by atoms with Gasteiger partial charge in [-0.2, -0.15) is 0 Å². The third-order valence-electron chi connectivity index (χ3n) is 9.17. The summed E-state index contributed by atoms with van der Waals surface area (Å²) in [5, 5.41) is 10.5. The predicted octanol–water partition coefficient (Wildman–Crippen LogP) is 9.58. The Balaban J connectivity index is 1.56. The Bertz CT molecular complexity index is 2650. The van der Waals surface area contributed by atoms with E-state index in [-0.39, 0.29) is 0 Å².